The van der Waals surface area contributed by atoms with E-state index in [0.29, 0.717) is 0 Å². The highest BCUT2D eigenvalue weighted by molar-refractivity contribution is 6.08. The van der Waals surface area contributed by atoms with E-state index in [-0.39, 0.29) is 0 Å². The van der Waals surface area contributed by atoms with Gasteiger partial charge in [-0.15, -0.1) is 0 Å². The lowest BCUT2D eigenvalue weighted by molar-refractivity contribution is 1.10. The molecule has 0 aliphatic heterocycles. The van der Waals surface area contributed by atoms with Gasteiger partial charge in [0.1, 0.15) is 0 Å². The van der Waals surface area contributed by atoms with Crippen molar-refractivity contribution in [1.82, 2.24) is 0 Å². The van der Waals surface area contributed by atoms with Gasteiger partial charge < -0.3 is 0 Å². The van der Waals surface area contributed by atoms with Gasteiger partial charge in [0.2, 0.25) is 0 Å². The first-order valence-corrected chi connectivity index (χ1v) is 4.54. The Hall–Kier alpha value is -1.11. The van der Waals surface area contributed by atoms with Crippen LogP contribution in [0.2, 0.25) is 0 Å². The molecule has 0 bridgehead atoms. The van der Waals surface area contributed by atoms with Crippen LogP contribution in [0.25, 0.3) is 0 Å². The minimum absolute atomic E-state index is 0.818. The van der Waals surface area contributed by atoms with Crippen molar-refractivity contribution in [2.24, 2.45) is 4.99 Å². The van der Waals surface area contributed by atoms with E-state index < -0.39 is 0 Å². The standard InChI is InChI=1S/C12H19N/c1-7-11(6)8-12(9(2)3)13-10(4)5/h8H,2,4,7H2,1,3,5-6H3/b11-8+,13-12?. The van der Waals surface area contributed by atoms with E-state index in [9.17, 15) is 0 Å². The van der Waals surface area contributed by atoms with Gasteiger partial charge in [0, 0.05) is 5.70 Å². The molecule has 1 nitrogen and oxygen atoms in total. The molecule has 0 aliphatic rings. The zero-order valence-electron chi connectivity index (χ0n) is 9.15. The second-order valence-corrected chi connectivity index (χ2v) is 3.36. The quantitative estimate of drug-likeness (QED) is 0.578. The number of hydrogen-bond donors (Lipinski definition) is 0. The summed E-state index contributed by atoms with van der Waals surface area (Å²) >= 11 is 0. The first-order valence-electron chi connectivity index (χ1n) is 4.54. The molecule has 0 saturated carbocycles. The van der Waals surface area contributed by atoms with Gasteiger partial charge >= 0.3 is 0 Å². The van der Waals surface area contributed by atoms with Crippen molar-refractivity contribution in [1.29, 1.82) is 0 Å². The highest BCUT2D eigenvalue weighted by Gasteiger charge is 1.96. The number of nitrogens with zero attached hydrogens (tertiary/aromatic N) is 1. The average Bonchev–Trinajstić information content (AvgIpc) is 2.02. The molecule has 0 aromatic rings. The summed E-state index contributed by atoms with van der Waals surface area (Å²) in [5.74, 6) is 0. The van der Waals surface area contributed by atoms with Crippen LogP contribution in [0.15, 0.2) is 41.1 Å². The topological polar surface area (TPSA) is 12.4 Å². The fraction of sp³-hybridized carbons (Fsp3) is 0.417. The summed E-state index contributed by atoms with van der Waals surface area (Å²) in [5, 5.41) is 0. The minimum Gasteiger partial charge on any atom is -0.254 e. The van der Waals surface area contributed by atoms with Crippen LogP contribution in [0, 0.1) is 0 Å². The fourth-order valence-electron chi connectivity index (χ4n) is 0.792. The molecule has 0 saturated heterocycles. The van der Waals surface area contributed by atoms with E-state index in [2.05, 4.69) is 38.1 Å². The summed E-state index contributed by atoms with van der Waals surface area (Å²) in [5.41, 5.74) is 4.05. The molecule has 0 radical (unpaired) electrons. The van der Waals surface area contributed by atoms with Crippen LogP contribution in [-0.2, 0) is 0 Å². The van der Waals surface area contributed by atoms with Crippen molar-refractivity contribution in [3.05, 3.63) is 36.1 Å². The van der Waals surface area contributed by atoms with E-state index in [1.807, 2.05) is 13.8 Å². The van der Waals surface area contributed by atoms with Crippen LogP contribution in [-0.4, -0.2) is 5.71 Å². The molecule has 0 spiro atoms. The second-order valence-electron chi connectivity index (χ2n) is 3.36. The Balaban J connectivity index is 4.84. The SMILES string of the molecule is C=C(C)N=C(/C=C(\C)CC)C(=C)C. The number of allylic oxidation sites excluding steroid dienone is 4. The Morgan fingerprint density at radius 1 is 1.23 bits per heavy atom. The van der Waals surface area contributed by atoms with Gasteiger partial charge in [0.05, 0.1) is 5.71 Å². The van der Waals surface area contributed by atoms with Gasteiger partial charge in [0.15, 0.2) is 0 Å². The minimum atomic E-state index is 0.818. The summed E-state index contributed by atoms with van der Waals surface area (Å²) in [6, 6.07) is 0. The predicted octanol–water partition coefficient (Wildman–Crippen LogP) is 3.89. The highest BCUT2D eigenvalue weighted by Crippen LogP contribution is 2.06. The van der Waals surface area contributed by atoms with Gasteiger partial charge in [0.25, 0.3) is 0 Å². The molecule has 0 aromatic carbocycles. The van der Waals surface area contributed by atoms with E-state index in [4.69, 9.17) is 0 Å². The lowest BCUT2D eigenvalue weighted by atomic mass is 10.1. The molecule has 0 atom stereocenters. The molecule has 0 rings (SSSR count). The molecular formula is C12H19N. The largest absolute Gasteiger partial charge is 0.254 e. The molecule has 0 amide bonds. The molecule has 0 aliphatic carbocycles. The zero-order valence-corrected chi connectivity index (χ0v) is 9.15. The lowest BCUT2D eigenvalue weighted by Gasteiger charge is -2.02. The maximum Gasteiger partial charge on any atom is 0.0655 e. The Kier molecular flexibility index (Phi) is 5.05. The number of hydrogen-bond acceptors (Lipinski definition) is 1. The highest BCUT2D eigenvalue weighted by atomic mass is 14.7. The predicted molar refractivity (Wildman–Crippen MR) is 61.1 cm³/mol. The smallest absolute Gasteiger partial charge is 0.0655 e. The van der Waals surface area contributed by atoms with Gasteiger partial charge in [-0.2, -0.15) is 0 Å². The fourth-order valence-corrected chi connectivity index (χ4v) is 0.792. The third-order valence-corrected chi connectivity index (χ3v) is 1.69. The molecular weight excluding hydrogens is 158 g/mol. The van der Waals surface area contributed by atoms with Gasteiger partial charge in [-0.1, -0.05) is 25.7 Å². The molecule has 0 unspecified atom stereocenters. The monoisotopic (exact) mass is 177 g/mol. The van der Waals surface area contributed by atoms with Crippen molar-refractivity contribution in [2.75, 3.05) is 0 Å². The average molecular weight is 177 g/mol. The maximum absolute atomic E-state index is 4.31. The van der Waals surface area contributed by atoms with Crippen molar-refractivity contribution in [3.63, 3.8) is 0 Å². The molecule has 72 valence electrons. The van der Waals surface area contributed by atoms with Crippen molar-refractivity contribution >= 4 is 5.71 Å². The Labute approximate surface area is 81.6 Å². The van der Waals surface area contributed by atoms with Crippen LogP contribution in [0.1, 0.15) is 34.1 Å². The van der Waals surface area contributed by atoms with E-state index >= 15 is 0 Å². The molecule has 0 heterocycles. The lowest BCUT2D eigenvalue weighted by Crippen LogP contribution is -1.96. The van der Waals surface area contributed by atoms with E-state index in [1.54, 1.807) is 0 Å². The Bertz CT molecular complexity index is 267. The molecule has 0 aromatic heterocycles. The van der Waals surface area contributed by atoms with Crippen molar-refractivity contribution < 1.29 is 0 Å². The third-order valence-electron chi connectivity index (χ3n) is 1.69. The Morgan fingerprint density at radius 2 is 1.77 bits per heavy atom. The molecule has 0 fully saturated rings. The number of aliphatic imine (C=N–C) groups is 1. The number of rotatable bonds is 4. The summed E-state index contributed by atoms with van der Waals surface area (Å²) < 4.78 is 0. The summed E-state index contributed by atoms with van der Waals surface area (Å²) in [6.45, 7) is 15.7. The van der Waals surface area contributed by atoms with Crippen molar-refractivity contribution in [2.45, 2.75) is 34.1 Å². The van der Waals surface area contributed by atoms with Crippen LogP contribution in [0.5, 0.6) is 0 Å². The Morgan fingerprint density at radius 3 is 2.08 bits per heavy atom. The first kappa shape index (κ1) is 11.9. The van der Waals surface area contributed by atoms with Gasteiger partial charge in [-0.05, 0) is 38.8 Å². The molecule has 0 N–H and O–H groups in total. The van der Waals surface area contributed by atoms with Gasteiger partial charge in [-0.3, -0.25) is 4.99 Å². The van der Waals surface area contributed by atoms with E-state index in [1.165, 1.54) is 5.57 Å². The first-order chi connectivity index (χ1) is 5.97. The normalized spacial score (nSPS) is 12.9. The van der Waals surface area contributed by atoms with Crippen LogP contribution in [0.4, 0.5) is 0 Å². The summed E-state index contributed by atoms with van der Waals surface area (Å²) in [6.07, 6.45) is 3.11. The van der Waals surface area contributed by atoms with Crippen LogP contribution in [0.3, 0.4) is 0 Å². The van der Waals surface area contributed by atoms with Crippen molar-refractivity contribution in [3.8, 4) is 0 Å². The summed E-state index contributed by atoms with van der Waals surface area (Å²) in [4.78, 5) is 4.31. The third kappa shape index (κ3) is 5.18. The zero-order chi connectivity index (χ0) is 10.4. The maximum atomic E-state index is 4.31. The van der Waals surface area contributed by atoms with Crippen LogP contribution >= 0.6 is 0 Å². The van der Waals surface area contributed by atoms with Crippen LogP contribution < -0.4 is 0 Å². The summed E-state index contributed by atoms with van der Waals surface area (Å²) in [7, 11) is 0. The van der Waals surface area contributed by atoms with Gasteiger partial charge in [-0.25, -0.2) is 0 Å². The second kappa shape index (κ2) is 5.52. The van der Waals surface area contributed by atoms with E-state index in [0.717, 1.165) is 23.4 Å². The molecule has 13 heavy (non-hydrogen) atoms. The molecule has 1 heteroatoms.